The van der Waals surface area contributed by atoms with Crippen molar-refractivity contribution in [2.45, 2.75) is 46.0 Å². The number of hydrogen-bond acceptors (Lipinski definition) is 5. The molecule has 1 aromatic heterocycles. The Hall–Kier alpha value is -2.15. The Kier molecular flexibility index (Phi) is 5.51. The van der Waals surface area contributed by atoms with Crippen molar-refractivity contribution < 1.29 is 24.2 Å². The van der Waals surface area contributed by atoms with Crippen molar-refractivity contribution in [1.29, 1.82) is 0 Å². The lowest BCUT2D eigenvalue weighted by atomic mass is 9.82. The maximum absolute atomic E-state index is 13.1. The Morgan fingerprint density at radius 2 is 1.93 bits per heavy atom. The van der Waals surface area contributed by atoms with Crippen LogP contribution in [-0.4, -0.2) is 29.6 Å². The minimum absolute atomic E-state index is 0.0498. The highest BCUT2D eigenvalue weighted by molar-refractivity contribution is 7.17. The number of nitrogens with one attached hydrogen (secondary N) is 1. The SMILES string of the molecule is CCOC(=O)c1c(NC(=O)[C@H]2[C@@H](C(=O)O)[C@H]3C=C[C@H]2C3)sc2c1CC[C@@H](CC)C2. The quantitative estimate of drug-likeness (QED) is 0.541. The molecule has 0 aromatic carbocycles. The summed E-state index contributed by atoms with van der Waals surface area (Å²) < 4.78 is 5.27. The van der Waals surface area contributed by atoms with Crippen molar-refractivity contribution in [3.05, 3.63) is 28.2 Å². The summed E-state index contributed by atoms with van der Waals surface area (Å²) in [7, 11) is 0. The van der Waals surface area contributed by atoms with Crippen LogP contribution in [0.5, 0.6) is 0 Å². The first-order chi connectivity index (χ1) is 13.9. The summed E-state index contributed by atoms with van der Waals surface area (Å²) in [5, 5.41) is 13.1. The molecule has 1 aromatic rings. The van der Waals surface area contributed by atoms with Crippen LogP contribution < -0.4 is 5.32 Å². The van der Waals surface area contributed by atoms with Gasteiger partial charge in [0, 0.05) is 4.88 Å². The van der Waals surface area contributed by atoms with E-state index in [4.69, 9.17) is 4.74 Å². The predicted octanol–water partition coefficient (Wildman–Crippen LogP) is 3.90. The summed E-state index contributed by atoms with van der Waals surface area (Å²) in [4.78, 5) is 38.7. The summed E-state index contributed by atoms with van der Waals surface area (Å²) in [6.07, 6.45) is 8.43. The smallest absolute Gasteiger partial charge is 0.341 e. The average Bonchev–Trinajstić information content (AvgIpc) is 3.39. The first-order valence-electron chi connectivity index (χ1n) is 10.5. The van der Waals surface area contributed by atoms with Gasteiger partial charge < -0.3 is 15.2 Å². The van der Waals surface area contributed by atoms with Gasteiger partial charge >= 0.3 is 11.9 Å². The highest BCUT2D eigenvalue weighted by Gasteiger charge is 2.51. The second kappa shape index (κ2) is 7.94. The number of thiophene rings is 1. The normalized spacial score (nSPS) is 29.5. The van der Waals surface area contributed by atoms with Gasteiger partial charge in [0.25, 0.3) is 0 Å². The summed E-state index contributed by atoms with van der Waals surface area (Å²) in [5.74, 6) is -2.47. The van der Waals surface area contributed by atoms with Gasteiger partial charge in [-0.3, -0.25) is 9.59 Å². The molecule has 1 saturated carbocycles. The predicted molar refractivity (Wildman–Crippen MR) is 110 cm³/mol. The van der Waals surface area contributed by atoms with Gasteiger partial charge in [0.2, 0.25) is 5.91 Å². The van der Waals surface area contributed by atoms with Crippen LogP contribution in [0.4, 0.5) is 5.00 Å². The molecule has 0 spiro atoms. The summed E-state index contributed by atoms with van der Waals surface area (Å²) in [6.45, 7) is 4.21. The lowest BCUT2D eigenvalue weighted by Crippen LogP contribution is -2.36. The number of amides is 1. The third-order valence-corrected chi connectivity index (χ3v) is 7.88. The van der Waals surface area contributed by atoms with Crippen LogP contribution in [0.2, 0.25) is 0 Å². The van der Waals surface area contributed by atoms with Crippen molar-refractivity contribution in [2.24, 2.45) is 29.6 Å². The third-order valence-electron chi connectivity index (χ3n) is 6.71. The maximum Gasteiger partial charge on any atom is 0.341 e. The van der Waals surface area contributed by atoms with Gasteiger partial charge in [-0.15, -0.1) is 11.3 Å². The van der Waals surface area contributed by atoms with Crippen molar-refractivity contribution in [3.8, 4) is 0 Å². The fourth-order valence-electron chi connectivity index (χ4n) is 5.22. The number of fused-ring (bicyclic) bond motifs is 3. The zero-order chi connectivity index (χ0) is 20.7. The van der Waals surface area contributed by atoms with Gasteiger partial charge in [-0.1, -0.05) is 25.5 Å². The highest BCUT2D eigenvalue weighted by atomic mass is 32.1. The first-order valence-corrected chi connectivity index (χ1v) is 11.3. The minimum Gasteiger partial charge on any atom is -0.481 e. The van der Waals surface area contributed by atoms with Gasteiger partial charge in [-0.05, 0) is 55.9 Å². The Balaban J connectivity index is 1.63. The Morgan fingerprint density at radius 1 is 1.21 bits per heavy atom. The Morgan fingerprint density at radius 3 is 2.59 bits per heavy atom. The lowest BCUT2D eigenvalue weighted by molar-refractivity contribution is -0.146. The molecule has 2 bridgehead atoms. The molecule has 1 amide bonds. The van der Waals surface area contributed by atoms with Crippen molar-refractivity contribution in [2.75, 3.05) is 11.9 Å². The molecule has 0 radical (unpaired) electrons. The number of hydrogen-bond donors (Lipinski definition) is 2. The molecule has 7 heteroatoms. The van der Waals surface area contributed by atoms with Gasteiger partial charge in [0.15, 0.2) is 0 Å². The van der Waals surface area contributed by atoms with Gasteiger partial charge in [0.05, 0.1) is 24.0 Å². The van der Waals surface area contributed by atoms with E-state index in [0.29, 0.717) is 22.9 Å². The first kappa shape index (κ1) is 20.1. The maximum atomic E-state index is 13.1. The molecule has 4 rings (SSSR count). The van der Waals surface area contributed by atoms with Crippen LogP contribution in [0.25, 0.3) is 0 Å². The second-order valence-corrected chi connectivity index (χ2v) is 9.38. The van der Waals surface area contributed by atoms with Crippen molar-refractivity contribution >= 4 is 34.2 Å². The fourth-order valence-corrected chi connectivity index (χ4v) is 6.57. The Labute approximate surface area is 174 Å². The summed E-state index contributed by atoms with van der Waals surface area (Å²) >= 11 is 1.45. The van der Waals surface area contributed by atoms with Crippen molar-refractivity contribution in [1.82, 2.24) is 0 Å². The molecule has 1 fully saturated rings. The summed E-state index contributed by atoms with van der Waals surface area (Å²) in [5.41, 5.74) is 1.47. The molecule has 156 valence electrons. The van der Waals surface area contributed by atoms with Crippen molar-refractivity contribution in [3.63, 3.8) is 0 Å². The molecular weight excluding hydrogens is 390 g/mol. The summed E-state index contributed by atoms with van der Waals surface area (Å²) in [6, 6.07) is 0. The van der Waals surface area contributed by atoms with E-state index in [1.54, 1.807) is 6.92 Å². The molecule has 0 saturated heterocycles. The van der Waals surface area contributed by atoms with E-state index in [9.17, 15) is 19.5 Å². The van der Waals surface area contributed by atoms with Crippen LogP contribution in [0, 0.1) is 29.6 Å². The topological polar surface area (TPSA) is 92.7 Å². The lowest BCUT2D eigenvalue weighted by Gasteiger charge is -2.23. The molecule has 2 N–H and O–H groups in total. The largest absolute Gasteiger partial charge is 0.481 e. The standard InChI is InChI=1S/C22H27NO5S/c1-3-11-5-8-14-15(9-11)29-20(18(14)22(27)28-4-2)23-19(24)16-12-6-7-13(10-12)17(16)21(25)26/h6-7,11-13,16-17H,3-5,8-10H2,1-2H3,(H,23,24)(H,25,26)/t11-,12+,13+,16-,17+/m1/s1. The van der Waals surface area contributed by atoms with Crippen LogP contribution >= 0.6 is 11.3 Å². The third kappa shape index (κ3) is 3.50. The number of ether oxygens (including phenoxy) is 1. The van der Waals surface area contributed by atoms with Gasteiger partial charge in [0.1, 0.15) is 5.00 Å². The van der Waals surface area contributed by atoms with E-state index in [1.807, 2.05) is 12.2 Å². The van der Waals surface area contributed by atoms with E-state index < -0.39 is 23.8 Å². The molecule has 1 heterocycles. The fraction of sp³-hybridized carbons (Fsp3) is 0.591. The van der Waals surface area contributed by atoms with Crippen LogP contribution in [-0.2, 0) is 27.2 Å². The number of carboxylic acids is 1. The van der Waals surface area contributed by atoms with E-state index in [0.717, 1.165) is 36.1 Å². The molecule has 29 heavy (non-hydrogen) atoms. The number of carbonyl (C=O) groups is 3. The van der Waals surface area contributed by atoms with Gasteiger partial charge in [-0.2, -0.15) is 0 Å². The number of carboxylic acid groups (broad SMARTS) is 1. The number of rotatable bonds is 6. The molecule has 6 nitrogen and oxygen atoms in total. The number of allylic oxidation sites excluding steroid dienone is 2. The van der Waals surface area contributed by atoms with E-state index in [-0.39, 0.29) is 24.3 Å². The average molecular weight is 418 g/mol. The zero-order valence-corrected chi connectivity index (χ0v) is 17.6. The molecule has 0 aliphatic heterocycles. The number of esters is 1. The molecular formula is C22H27NO5S. The van der Waals surface area contributed by atoms with Crippen LogP contribution in [0.3, 0.4) is 0 Å². The molecule has 3 aliphatic carbocycles. The monoisotopic (exact) mass is 417 g/mol. The molecule has 3 aliphatic rings. The molecule has 5 atom stereocenters. The van der Waals surface area contributed by atoms with Crippen LogP contribution in [0.15, 0.2) is 12.2 Å². The molecule has 0 unspecified atom stereocenters. The highest BCUT2D eigenvalue weighted by Crippen LogP contribution is 2.49. The Bertz CT molecular complexity index is 873. The van der Waals surface area contributed by atoms with Crippen LogP contribution in [0.1, 0.15) is 53.9 Å². The number of carbonyl (C=O) groups excluding carboxylic acids is 2. The minimum atomic E-state index is -0.927. The van der Waals surface area contributed by atoms with E-state index >= 15 is 0 Å². The number of anilines is 1. The van der Waals surface area contributed by atoms with E-state index in [2.05, 4.69) is 12.2 Å². The van der Waals surface area contributed by atoms with E-state index in [1.165, 1.54) is 11.3 Å². The zero-order valence-electron chi connectivity index (χ0n) is 16.8. The second-order valence-electron chi connectivity index (χ2n) is 8.27. The number of aliphatic carboxylic acids is 1. The van der Waals surface area contributed by atoms with Gasteiger partial charge in [-0.25, -0.2) is 4.79 Å².